The van der Waals surface area contributed by atoms with Gasteiger partial charge in [0.1, 0.15) is 11.4 Å². The number of aromatic nitrogens is 2. The van der Waals surface area contributed by atoms with Crippen molar-refractivity contribution in [2.75, 3.05) is 18.0 Å². The number of carbonyl (C=O) groups excluding carboxylic acids is 1. The molecule has 0 unspecified atom stereocenters. The average Bonchev–Trinajstić information content (AvgIpc) is 2.60. The maximum Gasteiger partial charge on any atom is 0.263 e. The van der Waals surface area contributed by atoms with E-state index < -0.39 is 0 Å². The van der Waals surface area contributed by atoms with Gasteiger partial charge in [-0.2, -0.15) is 0 Å². The second-order valence-electron chi connectivity index (χ2n) is 6.05. The highest BCUT2D eigenvalue weighted by molar-refractivity contribution is 5.95. The van der Waals surface area contributed by atoms with E-state index >= 15 is 0 Å². The van der Waals surface area contributed by atoms with Crippen molar-refractivity contribution in [2.24, 2.45) is 7.05 Å². The molecule has 2 rings (SSSR count). The van der Waals surface area contributed by atoms with Gasteiger partial charge in [0, 0.05) is 44.1 Å². The van der Waals surface area contributed by atoms with Crippen molar-refractivity contribution in [3.8, 4) is 0 Å². The highest BCUT2D eigenvalue weighted by Crippen LogP contribution is 2.17. The molecule has 6 heteroatoms. The first-order valence-electron chi connectivity index (χ1n) is 8.54. The third-order valence-corrected chi connectivity index (χ3v) is 4.46. The molecule has 2 aromatic heterocycles. The Morgan fingerprint density at radius 3 is 2.60 bits per heavy atom. The Kier molecular flexibility index (Phi) is 5.96. The minimum atomic E-state index is -0.354. The van der Waals surface area contributed by atoms with Gasteiger partial charge >= 0.3 is 0 Å². The summed E-state index contributed by atoms with van der Waals surface area (Å²) in [7, 11) is 1.67. The third-order valence-electron chi connectivity index (χ3n) is 4.46. The van der Waals surface area contributed by atoms with E-state index in [1.54, 1.807) is 20.2 Å². The molecule has 1 amide bonds. The molecular weight excluding hydrogens is 316 g/mol. The van der Waals surface area contributed by atoms with Crippen LogP contribution in [0.5, 0.6) is 0 Å². The Morgan fingerprint density at radius 2 is 1.96 bits per heavy atom. The summed E-state index contributed by atoms with van der Waals surface area (Å²) in [4.78, 5) is 31.6. The van der Waals surface area contributed by atoms with E-state index in [0.717, 1.165) is 30.2 Å². The standard InChI is InChI=1S/C19H26N4O2/c1-6-23(7-2)17-15(9-8-10-20-17)12-21-18(24)16-13(3)11-14(4)22(5)19(16)25/h8-11H,6-7,12H2,1-5H3,(H,21,24). The lowest BCUT2D eigenvalue weighted by Crippen LogP contribution is -2.34. The fraction of sp³-hybridized carbons (Fsp3) is 0.421. The second kappa shape index (κ2) is 7.96. The average molecular weight is 342 g/mol. The van der Waals surface area contributed by atoms with Crippen LogP contribution in [0.25, 0.3) is 0 Å². The summed E-state index contributed by atoms with van der Waals surface area (Å²) in [5, 5.41) is 2.87. The fourth-order valence-electron chi connectivity index (χ4n) is 2.90. The van der Waals surface area contributed by atoms with Crippen LogP contribution in [0.15, 0.2) is 29.2 Å². The van der Waals surface area contributed by atoms with Gasteiger partial charge in [-0.1, -0.05) is 6.07 Å². The molecule has 0 radical (unpaired) electrons. The van der Waals surface area contributed by atoms with Crippen LogP contribution in [0.2, 0.25) is 0 Å². The first-order valence-corrected chi connectivity index (χ1v) is 8.54. The van der Waals surface area contributed by atoms with E-state index in [-0.39, 0.29) is 17.0 Å². The second-order valence-corrected chi connectivity index (χ2v) is 6.05. The van der Waals surface area contributed by atoms with E-state index in [0.29, 0.717) is 12.1 Å². The van der Waals surface area contributed by atoms with E-state index in [1.165, 1.54) is 4.57 Å². The molecule has 0 aromatic carbocycles. The lowest BCUT2D eigenvalue weighted by atomic mass is 10.1. The van der Waals surface area contributed by atoms with Gasteiger partial charge in [0.2, 0.25) is 0 Å². The van der Waals surface area contributed by atoms with Gasteiger partial charge in [-0.3, -0.25) is 9.59 Å². The Morgan fingerprint density at radius 1 is 1.28 bits per heavy atom. The molecule has 1 N–H and O–H groups in total. The molecule has 0 fully saturated rings. The fourth-order valence-corrected chi connectivity index (χ4v) is 2.90. The lowest BCUT2D eigenvalue weighted by Gasteiger charge is -2.22. The highest BCUT2D eigenvalue weighted by Gasteiger charge is 2.17. The van der Waals surface area contributed by atoms with Gasteiger partial charge in [-0.15, -0.1) is 0 Å². The molecule has 25 heavy (non-hydrogen) atoms. The molecule has 0 saturated heterocycles. The van der Waals surface area contributed by atoms with Crippen LogP contribution in [0.1, 0.15) is 41.0 Å². The van der Waals surface area contributed by atoms with E-state index in [9.17, 15) is 9.59 Å². The van der Waals surface area contributed by atoms with Crippen molar-refractivity contribution in [3.05, 3.63) is 57.1 Å². The predicted molar refractivity (Wildman–Crippen MR) is 100 cm³/mol. The smallest absolute Gasteiger partial charge is 0.263 e. The number of carbonyl (C=O) groups is 1. The number of anilines is 1. The Balaban J connectivity index is 2.25. The van der Waals surface area contributed by atoms with Crippen molar-refractivity contribution in [1.29, 1.82) is 0 Å². The van der Waals surface area contributed by atoms with Gasteiger partial charge < -0.3 is 14.8 Å². The number of rotatable bonds is 6. The van der Waals surface area contributed by atoms with Crippen LogP contribution in [0.4, 0.5) is 5.82 Å². The normalized spacial score (nSPS) is 10.6. The molecule has 0 aliphatic carbocycles. The molecule has 2 aromatic rings. The predicted octanol–water partition coefficient (Wildman–Crippen LogP) is 2.17. The molecule has 134 valence electrons. The number of hydrogen-bond donors (Lipinski definition) is 1. The summed E-state index contributed by atoms with van der Waals surface area (Å²) in [5.41, 5.74) is 2.37. The van der Waals surface area contributed by atoms with Crippen LogP contribution in [0, 0.1) is 13.8 Å². The molecule has 0 bridgehead atoms. The first-order chi connectivity index (χ1) is 11.9. The molecule has 0 aliphatic rings. The van der Waals surface area contributed by atoms with E-state index in [1.807, 2.05) is 25.1 Å². The largest absolute Gasteiger partial charge is 0.357 e. The van der Waals surface area contributed by atoms with Crippen LogP contribution >= 0.6 is 0 Å². The van der Waals surface area contributed by atoms with Crippen molar-refractivity contribution in [2.45, 2.75) is 34.2 Å². The summed E-state index contributed by atoms with van der Waals surface area (Å²) in [6.07, 6.45) is 1.75. The monoisotopic (exact) mass is 342 g/mol. The van der Waals surface area contributed by atoms with Crippen molar-refractivity contribution in [1.82, 2.24) is 14.9 Å². The minimum Gasteiger partial charge on any atom is -0.357 e. The van der Waals surface area contributed by atoms with Gasteiger partial charge in [0.05, 0.1) is 0 Å². The van der Waals surface area contributed by atoms with Crippen molar-refractivity contribution < 1.29 is 4.79 Å². The molecule has 0 aliphatic heterocycles. The number of aryl methyl sites for hydroxylation is 2. The first kappa shape index (κ1) is 18.7. The summed E-state index contributed by atoms with van der Waals surface area (Å²) >= 11 is 0. The van der Waals surface area contributed by atoms with Crippen LogP contribution in [-0.2, 0) is 13.6 Å². The molecule has 0 saturated carbocycles. The van der Waals surface area contributed by atoms with Gasteiger partial charge in [-0.25, -0.2) is 4.98 Å². The number of amides is 1. The van der Waals surface area contributed by atoms with Crippen LogP contribution in [-0.4, -0.2) is 28.5 Å². The van der Waals surface area contributed by atoms with Gasteiger partial charge in [0.15, 0.2) is 0 Å². The minimum absolute atomic E-state index is 0.196. The zero-order valence-electron chi connectivity index (χ0n) is 15.6. The quantitative estimate of drug-likeness (QED) is 0.874. The molecule has 0 atom stereocenters. The zero-order valence-corrected chi connectivity index (χ0v) is 15.6. The highest BCUT2D eigenvalue weighted by atomic mass is 16.2. The Labute approximate surface area is 148 Å². The maximum absolute atomic E-state index is 12.6. The molecule has 6 nitrogen and oxygen atoms in total. The van der Waals surface area contributed by atoms with Crippen LogP contribution < -0.4 is 15.8 Å². The molecule has 2 heterocycles. The van der Waals surface area contributed by atoms with Crippen molar-refractivity contribution in [3.63, 3.8) is 0 Å². The van der Waals surface area contributed by atoms with E-state index in [4.69, 9.17) is 0 Å². The SMILES string of the molecule is CCN(CC)c1ncccc1CNC(=O)c1c(C)cc(C)n(C)c1=O. The maximum atomic E-state index is 12.6. The summed E-state index contributed by atoms with van der Waals surface area (Å²) in [6, 6.07) is 5.65. The summed E-state index contributed by atoms with van der Waals surface area (Å²) in [5.74, 6) is 0.508. The number of pyridine rings is 2. The van der Waals surface area contributed by atoms with E-state index in [2.05, 4.69) is 29.0 Å². The third kappa shape index (κ3) is 3.90. The topological polar surface area (TPSA) is 67.2 Å². The molecular formula is C19H26N4O2. The van der Waals surface area contributed by atoms with Crippen molar-refractivity contribution >= 4 is 11.7 Å². The number of nitrogens with one attached hydrogen (secondary N) is 1. The summed E-state index contributed by atoms with van der Waals surface area (Å²) in [6.45, 7) is 9.78. The summed E-state index contributed by atoms with van der Waals surface area (Å²) < 4.78 is 1.49. The van der Waals surface area contributed by atoms with Gasteiger partial charge in [0.25, 0.3) is 11.5 Å². The zero-order chi connectivity index (χ0) is 18.6. The lowest BCUT2D eigenvalue weighted by molar-refractivity contribution is 0.0948. The Bertz CT molecular complexity index is 823. The molecule has 0 spiro atoms. The Hall–Kier alpha value is -2.63. The number of nitrogens with zero attached hydrogens (tertiary/aromatic N) is 3. The van der Waals surface area contributed by atoms with Gasteiger partial charge in [-0.05, 0) is 45.4 Å². The van der Waals surface area contributed by atoms with Crippen LogP contribution in [0.3, 0.4) is 0 Å². The number of hydrogen-bond acceptors (Lipinski definition) is 4.